The number of carbonyl (C=O) groups is 1. The van der Waals surface area contributed by atoms with Crippen LogP contribution in [0, 0.1) is 19.8 Å². The second-order valence-corrected chi connectivity index (χ2v) is 6.57. The van der Waals surface area contributed by atoms with Crippen LogP contribution in [0.5, 0.6) is 0 Å². The minimum Gasteiger partial charge on any atom is -0.342 e. The number of likely N-dealkylation sites (tertiary alicyclic amines) is 1. The van der Waals surface area contributed by atoms with Gasteiger partial charge in [-0.2, -0.15) is 0 Å². The Hall–Kier alpha value is -1.14. The lowest BCUT2D eigenvalue weighted by Gasteiger charge is -2.32. The van der Waals surface area contributed by atoms with Crippen LogP contribution in [0.3, 0.4) is 0 Å². The molecule has 1 fully saturated rings. The molecule has 2 rings (SSSR count). The smallest absolute Gasteiger partial charge is 0.233 e. The van der Waals surface area contributed by atoms with Crippen molar-refractivity contribution in [2.75, 3.05) is 32.4 Å². The molecule has 0 saturated carbocycles. The van der Waals surface area contributed by atoms with Crippen molar-refractivity contribution in [2.45, 2.75) is 31.8 Å². The van der Waals surface area contributed by atoms with E-state index in [0.29, 0.717) is 16.8 Å². The van der Waals surface area contributed by atoms with Crippen molar-refractivity contribution in [3.05, 3.63) is 17.5 Å². The van der Waals surface area contributed by atoms with Crippen LogP contribution in [0.15, 0.2) is 11.2 Å². The van der Waals surface area contributed by atoms with E-state index in [1.54, 1.807) is 0 Å². The largest absolute Gasteiger partial charge is 0.342 e. The van der Waals surface area contributed by atoms with Gasteiger partial charge in [-0.3, -0.25) is 4.79 Å². The maximum absolute atomic E-state index is 12.3. The zero-order valence-electron chi connectivity index (χ0n) is 13.1. The van der Waals surface area contributed by atoms with Crippen LogP contribution in [-0.2, 0) is 4.79 Å². The summed E-state index contributed by atoms with van der Waals surface area (Å²) in [5.74, 6) is 1.20. The first-order chi connectivity index (χ1) is 10.1. The zero-order chi connectivity index (χ0) is 15.2. The normalized spacial score (nSPS) is 18.8. The van der Waals surface area contributed by atoms with Gasteiger partial charge in [0.2, 0.25) is 5.91 Å². The van der Waals surface area contributed by atoms with E-state index in [1.165, 1.54) is 18.2 Å². The van der Waals surface area contributed by atoms with Gasteiger partial charge in [-0.15, -0.1) is 0 Å². The molecule has 0 radical (unpaired) electrons. The van der Waals surface area contributed by atoms with E-state index in [0.717, 1.165) is 37.4 Å². The number of nitrogens with zero attached hydrogens (tertiary/aromatic N) is 3. The number of amides is 1. The molecule has 1 aliphatic rings. The van der Waals surface area contributed by atoms with Gasteiger partial charge in [0, 0.05) is 24.5 Å². The highest BCUT2D eigenvalue weighted by Crippen LogP contribution is 2.19. The predicted octanol–water partition coefficient (Wildman–Crippen LogP) is 1.64. The molecular weight excluding hydrogens is 284 g/mol. The fourth-order valence-corrected chi connectivity index (χ4v) is 3.57. The van der Waals surface area contributed by atoms with Crippen LogP contribution in [0.4, 0.5) is 0 Å². The average molecular weight is 308 g/mol. The molecule has 116 valence electrons. The first-order valence-electron chi connectivity index (χ1n) is 7.46. The van der Waals surface area contributed by atoms with E-state index >= 15 is 0 Å². The van der Waals surface area contributed by atoms with Gasteiger partial charge in [0.25, 0.3) is 0 Å². The van der Waals surface area contributed by atoms with Gasteiger partial charge in [-0.1, -0.05) is 11.8 Å². The highest BCUT2D eigenvalue weighted by Gasteiger charge is 2.23. The fraction of sp³-hybridized carbons (Fsp3) is 0.667. The Kier molecular flexibility index (Phi) is 5.99. The summed E-state index contributed by atoms with van der Waals surface area (Å²) < 4.78 is 0. The van der Waals surface area contributed by atoms with Crippen molar-refractivity contribution in [3.8, 4) is 0 Å². The van der Waals surface area contributed by atoms with E-state index in [4.69, 9.17) is 0 Å². The van der Waals surface area contributed by atoms with E-state index in [1.807, 2.05) is 31.9 Å². The van der Waals surface area contributed by atoms with Crippen molar-refractivity contribution in [3.63, 3.8) is 0 Å². The Morgan fingerprint density at radius 1 is 1.43 bits per heavy atom. The third-order valence-corrected chi connectivity index (χ3v) is 4.48. The second-order valence-electron chi connectivity index (χ2n) is 5.63. The maximum atomic E-state index is 12.3. The summed E-state index contributed by atoms with van der Waals surface area (Å²) in [7, 11) is 1.97. The fourth-order valence-electron chi connectivity index (χ4n) is 2.72. The quantitative estimate of drug-likeness (QED) is 0.662. The third kappa shape index (κ3) is 4.97. The molecule has 1 atom stereocenters. The number of aryl methyl sites for hydroxylation is 2. The molecule has 1 aromatic heterocycles. The Morgan fingerprint density at radius 2 is 2.14 bits per heavy atom. The Morgan fingerprint density at radius 3 is 2.81 bits per heavy atom. The molecular formula is C15H24N4OS. The standard InChI is InChI=1S/C15H24N4OS/c1-11-7-12(2)18-15(17-11)21-10-14(20)19-6-4-5-13(9-19)8-16-3/h7,13,16H,4-6,8-10H2,1-3H3. The van der Waals surface area contributed by atoms with Gasteiger partial charge in [0.15, 0.2) is 5.16 Å². The lowest BCUT2D eigenvalue weighted by Crippen LogP contribution is -2.43. The molecule has 1 amide bonds. The van der Waals surface area contributed by atoms with Gasteiger partial charge in [-0.05, 0) is 52.3 Å². The van der Waals surface area contributed by atoms with Crippen molar-refractivity contribution >= 4 is 17.7 Å². The molecule has 21 heavy (non-hydrogen) atoms. The predicted molar refractivity (Wildman–Crippen MR) is 85.5 cm³/mol. The van der Waals surface area contributed by atoms with Crippen LogP contribution in [0.2, 0.25) is 0 Å². The number of piperidine rings is 1. The van der Waals surface area contributed by atoms with Crippen LogP contribution in [0.25, 0.3) is 0 Å². The van der Waals surface area contributed by atoms with Crippen LogP contribution in [-0.4, -0.2) is 53.2 Å². The molecule has 2 heterocycles. The highest BCUT2D eigenvalue weighted by atomic mass is 32.2. The minimum atomic E-state index is 0.198. The lowest BCUT2D eigenvalue weighted by molar-refractivity contribution is -0.130. The van der Waals surface area contributed by atoms with Crippen LogP contribution >= 0.6 is 11.8 Å². The van der Waals surface area contributed by atoms with Crippen molar-refractivity contribution in [1.29, 1.82) is 0 Å². The van der Waals surface area contributed by atoms with Crippen molar-refractivity contribution in [1.82, 2.24) is 20.2 Å². The molecule has 1 saturated heterocycles. The first kappa shape index (κ1) is 16.2. The highest BCUT2D eigenvalue weighted by molar-refractivity contribution is 7.99. The number of nitrogens with one attached hydrogen (secondary N) is 1. The molecule has 0 spiro atoms. The SMILES string of the molecule is CNCC1CCCN(C(=O)CSc2nc(C)cc(C)n2)C1. The lowest BCUT2D eigenvalue weighted by atomic mass is 9.98. The molecule has 1 aliphatic heterocycles. The van der Waals surface area contributed by atoms with Gasteiger partial charge in [0.1, 0.15) is 0 Å². The van der Waals surface area contributed by atoms with E-state index in [9.17, 15) is 4.79 Å². The monoisotopic (exact) mass is 308 g/mol. The summed E-state index contributed by atoms with van der Waals surface area (Å²) in [6.45, 7) is 6.64. The summed E-state index contributed by atoms with van der Waals surface area (Å²) in [5.41, 5.74) is 1.90. The van der Waals surface area contributed by atoms with E-state index in [2.05, 4.69) is 15.3 Å². The molecule has 1 unspecified atom stereocenters. The number of aromatic nitrogens is 2. The summed E-state index contributed by atoms with van der Waals surface area (Å²) in [4.78, 5) is 23.0. The zero-order valence-corrected chi connectivity index (χ0v) is 13.9. The summed E-state index contributed by atoms with van der Waals surface area (Å²) in [5, 5.41) is 3.90. The van der Waals surface area contributed by atoms with Crippen LogP contribution < -0.4 is 5.32 Å². The summed E-state index contributed by atoms with van der Waals surface area (Å²) >= 11 is 1.44. The van der Waals surface area contributed by atoms with Crippen LogP contribution in [0.1, 0.15) is 24.2 Å². The second kappa shape index (κ2) is 7.75. The third-order valence-electron chi connectivity index (χ3n) is 3.65. The maximum Gasteiger partial charge on any atom is 0.233 e. The van der Waals surface area contributed by atoms with Crippen molar-refractivity contribution in [2.24, 2.45) is 5.92 Å². The number of thioether (sulfide) groups is 1. The van der Waals surface area contributed by atoms with Gasteiger partial charge in [0.05, 0.1) is 5.75 Å². The molecule has 1 N–H and O–H groups in total. The number of hydrogen-bond acceptors (Lipinski definition) is 5. The number of carbonyl (C=O) groups excluding carboxylic acids is 1. The van der Waals surface area contributed by atoms with E-state index < -0.39 is 0 Å². The number of rotatable bonds is 5. The first-order valence-corrected chi connectivity index (χ1v) is 8.44. The molecule has 1 aromatic rings. The Balaban J connectivity index is 1.86. The van der Waals surface area contributed by atoms with Crippen molar-refractivity contribution < 1.29 is 4.79 Å². The minimum absolute atomic E-state index is 0.198. The summed E-state index contributed by atoms with van der Waals surface area (Å²) in [6, 6.07) is 1.94. The van der Waals surface area contributed by atoms with Gasteiger partial charge >= 0.3 is 0 Å². The van der Waals surface area contributed by atoms with Gasteiger partial charge < -0.3 is 10.2 Å². The molecule has 0 aliphatic carbocycles. The molecule has 6 heteroatoms. The van der Waals surface area contributed by atoms with Gasteiger partial charge in [-0.25, -0.2) is 9.97 Å². The Labute approximate surface area is 130 Å². The summed E-state index contributed by atoms with van der Waals surface area (Å²) in [6.07, 6.45) is 2.31. The average Bonchev–Trinajstić information content (AvgIpc) is 2.44. The number of hydrogen-bond donors (Lipinski definition) is 1. The molecule has 5 nitrogen and oxygen atoms in total. The van der Waals surface area contributed by atoms with E-state index in [-0.39, 0.29) is 5.91 Å². The molecule has 0 aromatic carbocycles. The topological polar surface area (TPSA) is 58.1 Å². The molecule has 0 bridgehead atoms. The Bertz CT molecular complexity index is 472.